The van der Waals surface area contributed by atoms with Crippen LogP contribution in [-0.2, 0) is 20.7 Å². The Bertz CT molecular complexity index is 772. The molecule has 0 aliphatic carbocycles. The molecule has 0 bridgehead atoms. The molecule has 2 N–H and O–H groups in total. The number of ether oxygens (including phenoxy) is 1. The van der Waals surface area contributed by atoms with Crippen molar-refractivity contribution in [3.8, 4) is 11.5 Å². The average molecular weight is 343 g/mol. The second-order valence-corrected chi connectivity index (χ2v) is 6.12. The number of primary amides is 1. The number of rotatable bonds is 5. The highest BCUT2D eigenvalue weighted by Crippen LogP contribution is 2.24. The van der Waals surface area contributed by atoms with Gasteiger partial charge in [0.05, 0.1) is 18.2 Å². The summed E-state index contributed by atoms with van der Waals surface area (Å²) in [7, 11) is 1.56. The van der Waals surface area contributed by atoms with Crippen molar-refractivity contribution < 1.29 is 18.7 Å². The summed E-state index contributed by atoms with van der Waals surface area (Å²) in [5.74, 6) is 0.336. The first-order valence-electron chi connectivity index (χ1n) is 8.13. The second-order valence-electron chi connectivity index (χ2n) is 6.12. The summed E-state index contributed by atoms with van der Waals surface area (Å²) in [6, 6.07) is 8.84. The molecule has 2 aromatic rings. The van der Waals surface area contributed by atoms with E-state index in [9.17, 15) is 9.59 Å². The summed E-state index contributed by atoms with van der Waals surface area (Å²) >= 11 is 0. The number of nitrogens with two attached hydrogens (primary N) is 1. The average Bonchev–Trinajstić information content (AvgIpc) is 3.20. The first kappa shape index (κ1) is 17.2. The lowest BCUT2D eigenvalue weighted by molar-refractivity contribution is -0.136. The van der Waals surface area contributed by atoms with E-state index in [1.807, 2.05) is 30.3 Å². The monoisotopic (exact) mass is 343 g/mol. The standard InChI is InChI=1S/C18H21N3O4/c1-11-14(20-18(25-11)12-6-4-3-5-7-12)9-16(22)21-10-13(24-2)8-15(21)17(19)23/h3-7,13,15H,8-10H2,1-2H3,(H2,19,23)/t13-,15-/m0/s1. The number of carbonyl (C=O) groups is 2. The molecule has 1 aromatic heterocycles. The molecule has 0 spiro atoms. The molecule has 2 heterocycles. The van der Waals surface area contributed by atoms with Crippen LogP contribution in [0.3, 0.4) is 0 Å². The van der Waals surface area contributed by atoms with Gasteiger partial charge in [-0.3, -0.25) is 9.59 Å². The maximum Gasteiger partial charge on any atom is 0.240 e. The molecule has 2 amide bonds. The number of aryl methyl sites for hydroxylation is 1. The fourth-order valence-electron chi connectivity index (χ4n) is 3.05. The first-order valence-corrected chi connectivity index (χ1v) is 8.13. The van der Waals surface area contributed by atoms with E-state index >= 15 is 0 Å². The number of hydrogen-bond donors (Lipinski definition) is 1. The van der Waals surface area contributed by atoms with Crippen molar-refractivity contribution in [2.24, 2.45) is 5.73 Å². The highest BCUT2D eigenvalue weighted by Gasteiger charge is 2.38. The van der Waals surface area contributed by atoms with Gasteiger partial charge in [0.1, 0.15) is 11.8 Å². The largest absolute Gasteiger partial charge is 0.441 e. The number of methoxy groups -OCH3 is 1. The lowest BCUT2D eigenvalue weighted by Crippen LogP contribution is -2.44. The molecule has 3 rings (SSSR count). The topological polar surface area (TPSA) is 98.7 Å². The molecule has 132 valence electrons. The molecule has 1 aliphatic heterocycles. The van der Waals surface area contributed by atoms with Gasteiger partial charge >= 0.3 is 0 Å². The van der Waals surface area contributed by atoms with Gasteiger partial charge in [0.2, 0.25) is 17.7 Å². The highest BCUT2D eigenvalue weighted by molar-refractivity contribution is 5.88. The van der Waals surface area contributed by atoms with Gasteiger partial charge in [-0.2, -0.15) is 0 Å². The molecule has 0 radical (unpaired) electrons. The van der Waals surface area contributed by atoms with E-state index in [2.05, 4.69) is 4.98 Å². The van der Waals surface area contributed by atoms with E-state index in [1.54, 1.807) is 14.0 Å². The van der Waals surface area contributed by atoms with Crippen LogP contribution in [-0.4, -0.2) is 47.5 Å². The van der Waals surface area contributed by atoms with Gasteiger partial charge < -0.3 is 19.8 Å². The molecule has 7 nitrogen and oxygen atoms in total. The van der Waals surface area contributed by atoms with Crippen LogP contribution < -0.4 is 5.73 Å². The summed E-state index contributed by atoms with van der Waals surface area (Å²) in [6.45, 7) is 2.13. The van der Waals surface area contributed by atoms with Crippen LogP contribution in [0.15, 0.2) is 34.7 Å². The van der Waals surface area contributed by atoms with Crippen LogP contribution in [0, 0.1) is 6.92 Å². The zero-order valence-corrected chi connectivity index (χ0v) is 14.3. The van der Waals surface area contributed by atoms with E-state index in [0.717, 1.165) is 5.56 Å². The van der Waals surface area contributed by atoms with Crippen LogP contribution in [0.2, 0.25) is 0 Å². The van der Waals surface area contributed by atoms with Gasteiger partial charge in [0.25, 0.3) is 0 Å². The Morgan fingerprint density at radius 2 is 2.08 bits per heavy atom. The number of hydrogen-bond acceptors (Lipinski definition) is 5. The minimum Gasteiger partial charge on any atom is -0.441 e. The quantitative estimate of drug-likeness (QED) is 0.882. The van der Waals surface area contributed by atoms with Crippen molar-refractivity contribution in [2.45, 2.75) is 31.9 Å². The Labute approximate surface area is 145 Å². The maximum atomic E-state index is 12.7. The predicted molar refractivity (Wildman–Crippen MR) is 90.5 cm³/mol. The third-order valence-electron chi connectivity index (χ3n) is 4.48. The zero-order chi connectivity index (χ0) is 18.0. The van der Waals surface area contributed by atoms with Crippen molar-refractivity contribution in [1.29, 1.82) is 0 Å². The fraction of sp³-hybridized carbons (Fsp3) is 0.389. The molecular weight excluding hydrogens is 322 g/mol. The van der Waals surface area contributed by atoms with Gasteiger partial charge in [-0.25, -0.2) is 4.98 Å². The Morgan fingerprint density at radius 1 is 1.36 bits per heavy atom. The van der Waals surface area contributed by atoms with Crippen molar-refractivity contribution >= 4 is 11.8 Å². The molecule has 1 aliphatic rings. The Morgan fingerprint density at radius 3 is 2.72 bits per heavy atom. The van der Waals surface area contributed by atoms with Gasteiger partial charge in [0.15, 0.2) is 0 Å². The van der Waals surface area contributed by atoms with E-state index < -0.39 is 11.9 Å². The first-order chi connectivity index (χ1) is 12.0. The summed E-state index contributed by atoms with van der Waals surface area (Å²) in [4.78, 5) is 30.2. The molecule has 1 saturated heterocycles. The number of carbonyl (C=O) groups excluding carboxylic acids is 2. The molecule has 0 unspecified atom stereocenters. The Kier molecular flexibility index (Phi) is 4.85. The Hall–Kier alpha value is -2.67. The molecular formula is C18H21N3O4. The second kappa shape index (κ2) is 7.06. The number of amides is 2. The minimum absolute atomic E-state index is 0.0579. The summed E-state index contributed by atoms with van der Waals surface area (Å²) in [5.41, 5.74) is 6.83. The zero-order valence-electron chi connectivity index (χ0n) is 14.3. The predicted octanol–water partition coefficient (Wildman–Crippen LogP) is 1.29. The molecule has 1 fully saturated rings. The van der Waals surface area contributed by atoms with Crippen LogP contribution in [0.5, 0.6) is 0 Å². The van der Waals surface area contributed by atoms with Crippen LogP contribution in [0.4, 0.5) is 0 Å². The molecule has 2 atom stereocenters. The van der Waals surface area contributed by atoms with E-state index in [0.29, 0.717) is 30.3 Å². The van der Waals surface area contributed by atoms with Gasteiger partial charge in [0, 0.05) is 25.6 Å². The third-order valence-corrected chi connectivity index (χ3v) is 4.48. The van der Waals surface area contributed by atoms with Crippen molar-refractivity contribution in [3.63, 3.8) is 0 Å². The van der Waals surface area contributed by atoms with Crippen molar-refractivity contribution in [1.82, 2.24) is 9.88 Å². The number of aromatic nitrogens is 1. The summed E-state index contributed by atoms with van der Waals surface area (Å²) in [6.07, 6.45) is 0.298. The van der Waals surface area contributed by atoms with Crippen LogP contribution >= 0.6 is 0 Å². The van der Waals surface area contributed by atoms with E-state index in [4.69, 9.17) is 14.9 Å². The highest BCUT2D eigenvalue weighted by atomic mass is 16.5. The van der Waals surface area contributed by atoms with Gasteiger partial charge in [-0.15, -0.1) is 0 Å². The van der Waals surface area contributed by atoms with Gasteiger partial charge in [-0.05, 0) is 19.1 Å². The summed E-state index contributed by atoms with van der Waals surface area (Å²) < 4.78 is 11.0. The molecule has 0 saturated carbocycles. The smallest absolute Gasteiger partial charge is 0.240 e. The normalized spacial score (nSPS) is 20.0. The summed E-state index contributed by atoms with van der Waals surface area (Å²) in [5, 5.41) is 0. The van der Waals surface area contributed by atoms with Crippen molar-refractivity contribution in [3.05, 3.63) is 41.8 Å². The van der Waals surface area contributed by atoms with Gasteiger partial charge in [-0.1, -0.05) is 18.2 Å². The number of oxazole rings is 1. The molecule has 7 heteroatoms. The van der Waals surface area contributed by atoms with E-state index in [-0.39, 0.29) is 18.4 Å². The van der Waals surface area contributed by atoms with Crippen molar-refractivity contribution in [2.75, 3.05) is 13.7 Å². The SMILES string of the molecule is CO[C@H]1C[C@@H](C(N)=O)N(C(=O)Cc2nc(-c3ccccc3)oc2C)C1. The van der Waals surface area contributed by atoms with E-state index in [1.165, 1.54) is 4.90 Å². The third kappa shape index (κ3) is 3.56. The number of benzene rings is 1. The number of nitrogens with zero attached hydrogens (tertiary/aromatic N) is 2. The number of likely N-dealkylation sites (tertiary alicyclic amines) is 1. The Balaban J connectivity index is 1.77. The van der Waals surface area contributed by atoms with Crippen LogP contribution in [0.1, 0.15) is 17.9 Å². The molecule has 25 heavy (non-hydrogen) atoms. The minimum atomic E-state index is -0.641. The fourth-order valence-corrected chi connectivity index (χ4v) is 3.05. The lowest BCUT2D eigenvalue weighted by atomic mass is 10.2. The van der Waals surface area contributed by atoms with Crippen LogP contribution in [0.25, 0.3) is 11.5 Å². The maximum absolute atomic E-state index is 12.7. The molecule has 1 aromatic carbocycles. The lowest BCUT2D eigenvalue weighted by Gasteiger charge is -2.21.